The zero-order chi connectivity index (χ0) is 15.7. The van der Waals surface area contributed by atoms with Crippen LogP contribution >= 0.6 is 0 Å². The van der Waals surface area contributed by atoms with E-state index in [0.29, 0.717) is 0 Å². The van der Waals surface area contributed by atoms with Crippen LogP contribution in [0, 0.1) is 6.92 Å². The van der Waals surface area contributed by atoms with Crippen LogP contribution in [0.4, 0.5) is 0 Å². The number of aryl methyl sites for hydroxylation is 1. The average molecular weight is 528 g/mol. The molecule has 0 N–H and O–H groups in total. The van der Waals surface area contributed by atoms with Crippen molar-refractivity contribution in [3.63, 3.8) is 0 Å². The van der Waals surface area contributed by atoms with E-state index < -0.39 is 21.0 Å². The third kappa shape index (κ3) is 4.11. The Morgan fingerprint density at radius 2 is 1.62 bits per heavy atom. The predicted octanol–water partition coefficient (Wildman–Crippen LogP) is -0.0139. The van der Waals surface area contributed by atoms with Gasteiger partial charge in [-0.25, -0.2) is 0 Å². The molecule has 2 aliphatic carbocycles. The van der Waals surface area contributed by atoms with Crippen molar-refractivity contribution < 1.29 is 45.8 Å². The van der Waals surface area contributed by atoms with Crippen molar-refractivity contribution in [3.05, 3.63) is 65.3 Å². The van der Waals surface area contributed by atoms with E-state index in [1.807, 2.05) is 3.26 Å². The standard InChI is InChI=1S/C11H11.C5H5.C5H10.2ClH.Hf/c1-8-3-5-10-6-4-9(2)11(10)7-8;1-2-4-5-3-1;1-3-5-4-2;;;/h3-7H,1-2H3;1-5H;3-4H2,1-2H3;2*1H;/q;;;;;+2/p-2. The molecule has 0 amide bonds. The van der Waals surface area contributed by atoms with E-state index in [-0.39, 0.29) is 24.8 Å². The van der Waals surface area contributed by atoms with Crippen molar-refractivity contribution >= 4 is 8.83 Å². The molecule has 0 saturated carbocycles. The first kappa shape index (κ1) is 21.8. The minimum absolute atomic E-state index is 0. The zero-order valence-corrected chi connectivity index (χ0v) is 20.0. The summed E-state index contributed by atoms with van der Waals surface area (Å²) in [4.78, 5) is 0. The Hall–Kier alpha value is -0.240. The molecule has 0 spiro atoms. The first-order chi connectivity index (χ1) is 10.7. The van der Waals surface area contributed by atoms with Crippen LogP contribution in [0.1, 0.15) is 54.0 Å². The number of benzene rings is 1. The van der Waals surface area contributed by atoms with E-state index in [4.69, 9.17) is 0 Å². The molecule has 128 valence electrons. The summed E-state index contributed by atoms with van der Waals surface area (Å²) in [5.41, 5.74) is 6.03. The molecule has 1 atom stereocenters. The van der Waals surface area contributed by atoms with Gasteiger partial charge in [0, 0.05) is 0 Å². The fraction of sp³-hybridized carbons (Fsp3) is 0.381. The maximum absolute atomic E-state index is 2.61. The number of hydrogen-bond acceptors (Lipinski definition) is 0. The largest absolute Gasteiger partial charge is 1.00 e. The molecule has 1 aromatic carbocycles. The van der Waals surface area contributed by atoms with Crippen molar-refractivity contribution in [1.29, 1.82) is 0 Å². The Balaban J connectivity index is 0.00000144. The summed E-state index contributed by atoms with van der Waals surface area (Å²) in [6.45, 7) is 9.25. The Bertz CT molecular complexity index is 693. The van der Waals surface area contributed by atoms with Gasteiger partial charge in [0.05, 0.1) is 0 Å². The maximum Gasteiger partial charge on any atom is -1.00 e. The van der Waals surface area contributed by atoms with Crippen LogP contribution in [0.15, 0.2) is 48.6 Å². The average Bonchev–Trinajstić information content (AvgIpc) is 3.14. The minimum Gasteiger partial charge on any atom is -1.00 e. The van der Waals surface area contributed by atoms with Gasteiger partial charge in [0.2, 0.25) is 0 Å². The molecule has 0 nitrogen and oxygen atoms in total. The molecule has 0 bridgehead atoms. The topological polar surface area (TPSA) is 0 Å². The SMILES string of the molecule is CC[C](CC)=[Hf+2]([CH]1C=CC=C1)[CH]1C=C(C)c2cc(C)ccc21.[Cl-].[Cl-]. The van der Waals surface area contributed by atoms with Gasteiger partial charge in [0.25, 0.3) is 0 Å². The van der Waals surface area contributed by atoms with Crippen LogP contribution in [0.3, 0.4) is 0 Å². The van der Waals surface area contributed by atoms with Crippen molar-refractivity contribution in [2.45, 2.75) is 47.9 Å². The Morgan fingerprint density at radius 1 is 1.00 bits per heavy atom. The second kappa shape index (κ2) is 9.46. The van der Waals surface area contributed by atoms with Gasteiger partial charge in [-0.1, -0.05) is 0 Å². The molecular formula is C21H26Cl2Hf. The van der Waals surface area contributed by atoms with Crippen LogP contribution in [0.2, 0.25) is 3.67 Å². The maximum atomic E-state index is 2.61. The summed E-state index contributed by atoms with van der Waals surface area (Å²) >= 11 is -1.97. The van der Waals surface area contributed by atoms with Crippen molar-refractivity contribution in [2.24, 2.45) is 0 Å². The summed E-state index contributed by atoms with van der Waals surface area (Å²) < 4.78 is 3.42. The van der Waals surface area contributed by atoms with Gasteiger partial charge < -0.3 is 24.8 Å². The van der Waals surface area contributed by atoms with Crippen molar-refractivity contribution in [1.82, 2.24) is 0 Å². The monoisotopic (exact) mass is 528 g/mol. The van der Waals surface area contributed by atoms with Gasteiger partial charge in [0.15, 0.2) is 0 Å². The molecule has 2 aliphatic rings. The summed E-state index contributed by atoms with van der Waals surface area (Å²) in [5, 5.41) is 0. The van der Waals surface area contributed by atoms with Crippen LogP contribution in [-0.4, -0.2) is 3.26 Å². The molecule has 1 aromatic rings. The minimum atomic E-state index is -1.97. The summed E-state index contributed by atoms with van der Waals surface area (Å²) in [6, 6.07) is 7.11. The molecule has 3 heteroatoms. The van der Waals surface area contributed by atoms with E-state index in [1.54, 1.807) is 5.56 Å². The van der Waals surface area contributed by atoms with Gasteiger partial charge in [-0.3, -0.25) is 0 Å². The molecule has 0 aromatic heterocycles. The molecule has 0 aliphatic heterocycles. The van der Waals surface area contributed by atoms with E-state index in [0.717, 1.165) is 7.35 Å². The molecule has 24 heavy (non-hydrogen) atoms. The van der Waals surface area contributed by atoms with Gasteiger partial charge in [0.1, 0.15) is 0 Å². The van der Waals surface area contributed by atoms with E-state index >= 15 is 0 Å². The fourth-order valence-corrected chi connectivity index (χ4v) is 17.6. The van der Waals surface area contributed by atoms with Crippen LogP contribution < -0.4 is 24.8 Å². The van der Waals surface area contributed by atoms with Gasteiger partial charge in [-0.05, 0) is 0 Å². The smallest absolute Gasteiger partial charge is 1.00 e. The van der Waals surface area contributed by atoms with Crippen LogP contribution in [-0.2, 0) is 21.0 Å². The number of fused-ring (bicyclic) bond motifs is 1. The molecule has 1 unspecified atom stereocenters. The normalized spacial score (nSPS) is 17.5. The Labute approximate surface area is 167 Å². The molecular weight excluding hydrogens is 502 g/mol. The quantitative estimate of drug-likeness (QED) is 0.483. The third-order valence-corrected chi connectivity index (χ3v) is 18.7. The summed E-state index contributed by atoms with van der Waals surface area (Å²) in [5.74, 6) is 0. The van der Waals surface area contributed by atoms with Crippen molar-refractivity contribution in [2.75, 3.05) is 0 Å². The second-order valence-electron chi connectivity index (χ2n) is 6.48. The van der Waals surface area contributed by atoms with Gasteiger partial charge >= 0.3 is 143 Å². The summed E-state index contributed by atoms with van der Waals surface area (Å²) in [7, 11) is 0. The van der Waals surface area contributed by atoms with E-state index in [1.165, 1.54) is 29.5 Å². The van der Waals surface area contributed by atoms with Gasteiger partial charge in [-0.15, -0.1) is 0 Å². The zero-order valence-electron chi connectivity index (χ0n) is 14.9. The molecule has 0 radical (unpaired) electrons. The van der Waals surface area contributed by atoms with Gasteiger partial charge in [-0.2, -0.15) is 0 Å². The number of hydrogen-bond donors (Lipinski definition) is 0. The molecule has 3 rings (SSSR count). The second-order valence-corrected chi connectivity index (χ2v) is 16.9. The molecule has 0 fully saturated rings. The van der Waals surface area contributed by atoms with Crippen LogP contribution in [0.25, 0.3) is 5.57 Å². The Kier molecular flexibility index (Phi) is 8.59. The third-order valence-electron chi connectivity index (χ3n) is 5.09. The predicted molar refractivity (Wildman–Crippen MR) is 95.2 cm³/mol. The first-order valence-electron chi connectivity index (χ1n) is 8.51. The Morgan fingerprint density at radius 3 is 2.21 bits per heavy atom. The summed E-state index contributed by atoms with van der Waals surface area (Å²) in [6.07, 6.45) is 14.6. The number of rotatable bonds is 4. The molecule has 0 saturated heterocycles. The fourth-order valence-electron chi connectivity index (χ4n) is 3.93. The van der Waals surface area contributed by atoms with E-state index in [2.05, 4.69) is 76.3 Å². The number of allylic oxidation sites excluding steroid dienone is 6. The molecule has 0 heterocycles. The van der Waals surface area contributed by atoms with Crippen molar-refractivity contribution in [3.8, 4) is 0 Å². The van der Waals surface area contributed by atoms with Crippen LogP contribution in [0.5, 0.6) is 0 Å². The van der Waals surface area contributed by atoms with E-state index in [9.17, 15) is 0 Å². The first-order valence-corrected chi connectivity index (χ1v) is 14.5. The number of halogens is 2.